The zero-order valence-corrected chi connectivity index (χ0v) is 21.8. The predicted octanol–water partition coefficient (Wildman–Crippen LogP) is 6.62. The number of nitro groups is 1. The summed E-state index contributed by atoms with van der Waals surface area (Å²) in [7, 11) is 1.63. The molecule has 0 amide bonds. The van der Waals surface area contributed by atoms with E-state index >= 15 is 0 Å². The van der Waals surface area contributed by atoms with Crippen molar-refractivity contribution < 1.29 is 18.8 Å². The highest BCUT2D eigenvalue weighted by Crippen LogP contribution is 2.29. The van der Waals surface area contributed by atoms with Gasteiger partial charge in [0.1, 0.15) is 12.4 Å². The van der Waals surface area contributed by atoms with Crippen LogP contribution in [0, 0.1) is 15.9 Å². The molecule has 0 N–H and O–H groups in total. The normalized spacial score (nSPS) is 11.2. The van der Waals surface area contributed by atoms with Gasteiger partial charge in [0.25, 0.3) is 5.69 Å². The molecule has 0 saturated heterocycles. The van der Waals surface area contributed by atoms with E-state index in [1.54, 1.807) is 37.4 Å². The number of methoxy groups -OCH3 is 1. The monoisotopic (exact) mass is 546 g/mol. The smallest absolute Gasteiger partial charge is 0.273 e. The third kappa shape index (κ3) is 5.89. The number of nitrogens with zero attached hydrogens (tertiary/aromatic N) is 4. The summed E-state index contributed by atoms with van der Waals surface area (Å²) in [5.74, 6) is 0.208. The molecule has 0 saturated carbocycles. The van der Waals surface area contributed by atoms with Crippen LogP contribution in [0.3, 0.4) is 0 Å². The maximum absolute atomic E-state index is 14.1. The second-order valence-electron chi connectivity index (χ2n) is 8.82. The lowest BCUT2D eigenvalue weighted by molar-refractivity contribution is -0.385. The molecule has 5 aromatic rings. The van der Waals surface area contributed by atoms with Crippen LogP contribution in [0.15, 0.2) is 78.9 Å². The van der Waals surface area contributed by atoms with Gasteiger partial charge in [-0.1, -0.05) is 41.9 Å². The fourth-order valence-electron chi connectivity index (χ4n) is 4.37. The van der Waals surface area contributed by atoms with Crippen molar-refractivity contribution >= 4 is 28.3 Å². The van der Waals surface area contributed by atoms with Crippen molar-refractivity contribution in [3.63, 3.8) is 0 Å². The van der Waals surface area contributed by atoms with Gasteiger partial charge in [-0.15, -0.1) is 0 Å². The van der Waals surface area contributed by atoms with E-state index in [4.69, 9.17) is 26.1 Å². The fourth-order valence-corrected chi connectivity index (χ4v) is 4.53. The molecule has 0 radical (unpaired) electrons. The topological polar surface area (TPSA) is 92.3 Å². The van der Waals surface area contributed by atoms with E-state index < -0.39 is 10.7 Å². The summed E-state index contributed by atoms with van der Waals surface area (Å²) in [5, 5.41) is 12.4. The van der Waals surface area contributed by atoms with E-state index in [2.05, 4.69) is 4.98 Å². The number of pyridine rings is 1. The Labute approximate surface area is 228 Å². The van der Waals surface area contributed by atoms with E-state index in [-0.39, 0.29) is 29.5 Å². The zero-order valence-electron chi connectivity index (χ0n) is 21.0. The van der Waals surface area contributed by atoms with Crippen molar-refractivity contribution in [3.8, 4) is 17.0 Å². The summed E-state index contributed by atoms with van der Waals surface area (Å²) in [5.41, 5.74) is 3.95. The highest BCUT2D eigenvalue weighted by atomic mass is 35.5. The van der Waals surface area contributed by atoms with Crippen molar-refractivity contribution in [1.82, 2.24) is 14.5 Å². The third-order valence-corrected chi connectivity index (χ3v) is 6.49. The first kappa shape index (κ1) is 26.3. The zero-order chi connectivity index (χ0) is 27.4. The molecule has 8 nitrogen and oxygen atoms in total. The lowest BCUT2D eigenvalue weighted by Crippen LogP contribution is -2.09. The molecular formula is C29H24ClFN4O4. The Hall–Kier alpha value is -4.34. The van der Waals surface area contributed by atoms with Crippen LogP contribution in [0.25, 0.3) is 22.3 Å². The van der Waals surface area contributed by atoms with Crippen LogP contribution in [0.5, 0.6) is 5.75 Å². The van der Waals surface area contributed by atoms with Gasteiger partial charge in [-0.05, 0) is 42.5 Å². The maximum Gasteiger partial charge on any atom is 0.273 e. The number of benzene rings is 3. The maximum atomic E-state index is 14.1. The summed E-state index contributed by atoms with van der Waals surface area (Å²) in [6, 6.07) is 22.2. The van der Waals surface area contributed by atoms with Crippen LogP contribution in [0.4, 0.5) is 10.1 Å². The second kappa shape index (κ2) is 11.6. The van der Waals surface area contributed by atoms with Gasteiger partial charge in [0.05, 0.1) is 34.0 Å². The van der Waals surface area contributed by atoms with Gasteiger partial charge >= 0.3 is 0 Å². The largest absolute Gasteiger partial charge is 0.484 e. The third-order valence-electron chi connectivity index (χ3n) is 6.26. The van der Waals surface area contributed by atoms with E-state index in [0.29, 0.717) is 35.7 Å². The first-order valence-electron chi connectivity index (χ1n) is 12.2. The number of nitro benzene ring substituents is 1. The van der Waals surface area contributed by atoms with Gasteiger partial charge in [0.15, 0.2) is 11.6 Å². The molecule has 10 heteroatoms. The average molecular weight is 547 g/mol. The Bertz CT molecular complexity index is 1660. The molecule has 2 heterocycles. The number of fused-ring (bicyclic) bond motifs is 1. The van der Waals surface area contributed by atoms with Crippen LogP contribution in [0.2, 0.25) is 5.02 Å². The molecule has 0 spiro atoms. The average Bonchev–Trinajstić information content (AvgIpc) is 3.28. The molecule has 2 aromatic heterocycles. The molecule has 0 bridgehead atoms. The summed E-state index contributed by atoms with van der Waals surface area (Å²) >= 11 is 5.79. The van der Waals surface area contributed by atoms with Gasteiger partial charge in [-0.25, -0.2) is 14.4 Å². The number of hydrogen-bond donors (Lipinski definition) is 0. The van der Waals surface area contributed by atoms with Crippen molar-refractivity contribution in [2.24, 2.45) is 0 Å². The van der Waals surface area contributed by atoms with Gasteiger partial charge in [0.2, 0.25) is 0 Å². The molecule has 5 rings (SSSR count). The van der Waals surface area contributed by atoms with E-state index in [9.17, 15) is 14.5 Å². The number of rotatable bonds is 10. The number of halogens is 2. The van der Waals surface area contributed by atoms with Gasteiger partial charge in [-0.2, -0.15) is 0 Å². The van der Waals surface area contributed by atoms with Gasteiger partial charge in [0, 0.05) is 42.3 Å². The minimum atomic E-state index is -0.569. The molecular weight excluding hydrogens is 523 g/mol. The summed E-state index contributed by atoms with van der Waals surface area (Å²) in [6.07, 6.45) is 0.281. The molecule has 0 aliphatic carbocycles. The van der Waals surface area contributed by atoms with Crippen molar-refractivity contribution in [3.05, 3.63) is 117 Å². The molecule has 3 aromatic carbocycles. The van der Waals surface area contributed by atoms with E-state index in [1.807, 2.05) is 28.8 Å². The highest BCUT2D eigenvalue weighted by Gasteiger charge is 2.20. The molecule has 0 aliphatic rings. The lowest BCUT2D eigenvalue weighted by atomic mass is 10.0. The number of ether oxygens (including phenoxy) is 2. The van der Waals surface area contributed by atoms with Gasteiger partial charge in [-0.3, -0.25) is 10.1 Å². The van der Waals surface area contributed by atoms with Crippen molar-refractivity contribution in [1.29, 1.82) is 0 Å². The van der Waals surface area contributed by atoms with E-state index in [0.717, 1.165) is 16.9 Å². The Morgan fingerprint density at radius 1 is 1.03 bits per heavy atom. The number of imidazole rings is 1. The van der Waals surface area contributed by atoms with Crippen molar-refractivity contribution in [2.75, 3.05) is 13.7 Å². The first-order chi connectivity index (χ1) is 18.9. The molecule has 0 fully saturated rings. The molecule has 39 heavy (non-hydrogen) atoms. The van der Waals surface area contributed by atoms with Crippen LogP contribution in [-0.2, 0) is 24.3 Å². The fraction of sp³-hybridized carbons (Fsp3) is 0.172. The van der Waals surface area contributed by atoms with Crippen LogP contribution >= 0.6 is 11.6 Å². The Kier molecular flexibility index (Phi) is 7.81. The summed E-state index contributed by atoms with van der Waals surface area (Å²) < 4.78 is 26.9. The highest BCUT2D eigenvalue weighted by molar-refractivity contribution is 6.30. The number of aromatic nitrogens is 3. The second-order valence-corrected chi connectivity index (χ2v) is 9.25. The summed E-state index contributed by atoms with van der Waals surface area (Å²) in [6.45, 7) is 1.09. The summed E-state index contributed by atoms with van der Waals surface area (Å²) in [4.78, 5) is 21.0. The molecule has 0 aliphatic heterocycles. The Morgan fingerprint density at radius 2 is 1.87 bits per heavy atom. The standard InChI is InChI=1S/C29H24ClFN4O4/c1-38-14-13-34-26-8-3-2-6-25(26)33-29(34)16-20-10-9-19(15-27(20)35(36)37)24-7-4-5-22(32-24)18-39-28-12-11-21(30)17-23(28)31/h2-12,15,17H,13-14,16,18H2,1H3. The number of hydrogen-bond acceptors (Lipinski definition) is 6. The molecule has 198 valence electrons. The molecule has 0 unspecified atom stereocenters. The quantitative estimate of drug-likeness (QED) is 0.144. The minimum absolute atomic E-state index is 0.0181. The first-order valence-corrected chi connectivity index (χ1v) is 12.6. The van der Waals surface area contributed by atoms with Crippen LogP contribution in [0.1, 0.15) is 17.1 Å². The van der Waals surface area contributed by atoms with Crippen LogP contribution < -0.4 is 4.74 Å². The Morgan fingerprint density at radius 3 is 2.67 bits per heavy atom. The predicted molar refractivity (Wildman–Crippen MR) is 146 cm³/mol. The van der Waals surface area contributed by atoms with Crippen molar-refractivity contribution in [2.45, 2.75) is 19.6 Å². The minimum Gasteiger partial charge on any atom is -0.484 e. The molecule has 0 atom stereocenters. The van der Waals surface area contributed by atoms with Crippen LogP contribution in [-0.4, -0.2) is 33.2 Å². The van der Waals surface area contributed by atoms with E-state index in [1.165, 1.54) is 24.3 Å². The SMILES string of the molecule is COCCn1c(Cc2ccc(-c3cccc(COc4ccc(Cl)cc4F)n3)cc2[N+](=O)[O-])nc2ccccc21. The lowest BCUT2D eigenvalue weighted by Gasteiger charge is -2.11. The number of para-hydroxylation sites is 2. The Balaban J connectivity index is 1.41. The van der Waals surface area contributed by atoms with Gasteiger partial charge < -0.3 is 14.0 Å².